The van der Waals surface area contributed by atoms with E-state index in [1.54, 1.807) is 11.8 Å². The fraction of sp³-hybridized carbons (Fsp3) is 0.650. The maximum Gasteiger partial charge on any atom is 0.495 e. The summed E-state index contributed by atoms with van der Waals surface area (Å²) in [5.41, 5.74) is -0.857. The predicted octanol–water partition coefficient (Wildman–Crippen LogP) is 3.04. The Morgan fingerprint density at radius 2 is 1.71 bits per heavy atom. The number of ether oxygens (including phenoxy) is 1. The number of rotatable bonds is 6. The summed E-state index contributed by atoms with van der Waals surface area (Å²) in [7, 11) is -0.809. The number of benzene rings is 1. The summed E-state index contributed by atoms with van der Waals surface area (Å²) in [6.07, 6.45) is 0.989. The van der Waals surface area contributed by atoms with E-state index in [0.717, 1.165) is 0 Å². The van der Waals surface area contributed by atoms with E-state index in [4.69, 9.17) is 14.0 Å². The quantitative estimate of drug-likeness (QED) is 0.548. The van der Waals surface area contributed by atoms with Crippen LogP contribution in [0.25, 0.3) is 0 Å². The molecule has 0 radical (unpaired) electrons. The van der Waals surface area contributed by atoms with Crippen LogP contribution in [0.15, 0.2) is 12.1 Å². The van der Waals surface area contributed by atoms with Crippen molar-refractivity contribution in [2.75, 3.05) is 24.6 Å². The second-order valence-electron chi connectivity index (χ2n) is 8.54. The number of hydrogen-bond acceptors (Lipinski definition) is 5. The first-order valence-corrected chi connectivity index (χ1v) is 9.79. The van der Waals surface area contributed by atoms with Gasteiger partial charge in [0, 0.05) is 19.5 Å². The lowest BCUT2D eigenvalue weighted by molar-refractivity contribution is -0.143. The van der Waals surface area contributed by atoms with Gasteiger partial charge < -0.3 is 18.9 Å². The van der Waals surface area contributed by atoms with Crippen LogP contribution in [-0.2, 0) is 18.8 Å². The van der Waals surface area contributed by atoms with Crippen molar-refractivity contribution in [3.05, 3.63) is 23.8 Å². The van der Waals surface area contributed by atoms with E-state index in [1.165, 1.54) is 12.1 Å². The van der Waals surface area contributed by atoms with Gasteiger partial charge in [0.1, 0.15) is 17.3 Å². The highest BCUT2D eigenvalue weighted by Gasteiger charge is 2.52. The molecule has 1 aromatic carbocycles. The molecule has 0 spiro atoms. The minimum atomic E-state index is -0.809. The third-order valence-corrected chi connectivity index (χ3v) is 5.90. The zero-order chi connectivity index (χ0) is 20.7. The zero-order valence-electron chi connectivity index (χ0n) is 17.2. The highest BCUT2D eigenvalue weighted by molar-refractivity contribution is 6.62. The second-order valence-corrected chi connectivity index (χ2v) is 8.54. The fourth-order valence-corrected chi connectivity index (χ4v) is 3.49. The molecule has 2 aliphatic rings. The molecule has 0 aromatic heterocycles. The van der Waals surface area contributed by atoms with Crippen LogP contribution in [0.2, 0.25) is 0 Å². The van der Waals surface area contributed by atoms with Gasteiger partial charge in [0.2, 0.25) is 0 Å². The van der Waals surface area contributed by atoms with Gasteiger partial charge in [-0.05, 0) is 64.6 Å². The first-order chi connectivity index (χ1) is 13.0. The number of anilines is 1. The van der Waals surface area contributed by atoms with Crippen molar-refractivity contribution in [3.63, 3.8) is 0 Å². The molecule has 0 saturated carbocycles. The minimum Gasteiger partial charge on any atom is -0.466 e. The molecule has 0 atom stereocenters. The van der Waals surface area contributed by atoms with Crippen LogP contribution in [0.4, 0.5) is 14.5 Å². The lowest BCUT2D eigenvalue weighted by Gasteiger charge is -2.41. The van der Waals surface area contributed by atoms with Crippen LogP contribution in [0.1, 0.15) is 47.5 Å². The molecule has 5 nitrogen and oxygen atoms in total. The first-order valence-electron chi connectivity index (χ1n) is 9.79. The molecule has 0 amide bonds. The minimum absolute atomic E-state index is 0.0346. The van der Waals surface area contributed by atoms with Gasteiger partial charge in [0.15, 0.2) is 0 Å². The Kier molecular flexibility index (Phi) is 5.74. The van der Waals surface area contributed by atoms with Crippen LogP contribution in [0.5, 0.6) is 0 Å². The Hall–Kier alpha value is -1.67. The van der Waals surface area contributed by atoms with E-state index in [9.17, 15) is 13.6 Å². The summed E-state index contributed by atoms with van der Waals surface area (Å²) in [5.74, 6) is -1.27. The summed E-state index contributed by atoms with van der Waals surface area (Å²) in [5, 5.41) is 0. The summed E-state index contributed by atoms with van der Waals surface area (Å²) in [6.45, 7) is 10.7. The maximum atomic E-state index is 14.7. The molecule has 28 heavy (non-hydrogen) atoms. The van der Waals surface area contributed by atoms with Gasteiger partial charge in [-0.1, -0.05) is 0 Å². The zero-order valence-corrected chi connectivity index (χ0v) is 17.2. The van der Waals surface area contributed by atoms with Crippen molar-refractivity contribution in [2.24, 2.45) is 5.92 Å². The molecule has 154 valence electrons. The van der Waals surface area contributed by atoms with Gasteiger partial charge >= 0.3 is 13.1 Å². The Labute approximate surface area is 165 Å². The Bertz CT molecular complexity index is 711. The molecule has 8 heteroatoms. The summed E-state index contributed by atoms with van der Waals surface area (Å²) in [4.78, 5) is 13.1. The van der Waals surface area contributed by atoms with Gasteiger partial charge in [-0.25, -0.2) is 8.78 Å². The summed E-state index contributed by atoms with van der Waals surface area (Å²) in [6, 6.07) is 2.57. The van der Waals surface area contributed by atoms with E-state index in [-0.39, 0.29) is 17.6 Å². The monoisotopic (exact) mass is 395 g/mol. The summed E-state index contributed by atoms with van der Waals surface area (Å²) < 4.78 is 46.1. The lowest BCUT2D eigenvalue weighted by Crippen LogP contribution is -2.48. The van der Waals surface area contributed by atoms with Crippen LogP contribution >= 0.6 is 0 Å². The number of halogens is 2. The Morgan fingerprint density at radius 3 is 2.21 bits per heavy atom. The van der Waals surface area contributed by atoms with Crippen LogP contribution in [0.3, 0.4) is 0 Å². The molecule has 0 unspecified atom stereocenters. The number of carbonyl (C=O) groups excluding carboxylic acids is 1. The van der Waals surface area contributed by atoms with Crippen molar-refractivity contribution in [1.82, 2.24) is 0 Å². The summed E-state index contributed by atoms with van der Waals surface area (Å²) >= 11 is 0. The van der Waals surface area contributed by atoms with Crippen molar-refractivity contribution < 1.29 is 27.6 Å². The normalized spacial score (nSPS) is 21.0. The molecule has 2 aliphatic heterocycles. The predicted molar refractivity (Wildman–Crippen MR) is 104 cm³/mol. The van der Waals surface area contributed by atoms with E-state index in [1.807, 2.05) is 27.7 Å². The van der Waals surface area contributed by atoms with Crippen molar-refractivity contribution in [1.29, 1.82) is 0 Å². The van der Waals surface area contributed by atoms with Gasteiger partial charge in [0.05, 0.1) is 17.8 Å². The number of hydrogen-bond donors (Lipinski definition) is 0. The van der Waals surface area contributed by atoms with Crippen LogP contribution in [0, 0.1) is 17.6 Å². The standard InChI is InChI=1S/C20H28BF2NO4/c1-6-26-17(25)8-7-13-11-24(12-13)18-15(22)9-14(10-16(18)23)21-27-19(2,3)20(4,5)28-21/h9-10,13H,6-8,11-12H2,1-5H3. The lowest BCUT2D eigenvalue weighted by atomic mass is 9.78. The van der Waals surface area contributed by atoms with Crippen molar-refractivity contribution in [3.8, 4) is 0 Å². The molecule has 0 bridgehead atoms. The molecular formula is C20H28BF2NO4. The third kappa shape index (κ3) is 4.03. The highest BCUT2D eigenvalue weighted by Crippen LogP contribution is 2.37. The highest BCUT2D eigenvalue weighted by atomic mass is 19.1. The van der Waals surface area contributed by atoms with E-state index < -0.39 is 30.0 Å². The molecule has 1 aromatic rings. The molecule has 2 saturated heterocycles. The Balaban J connectivity index is 1.64. The fourth-order valence-electron chi connectivity index (χ4n) is 3.49. The number of carbonyl (C=O) groups is 1. The van der Waals surface area contributed by atoms with Gasteiger partial charge in [-0.3, -0.25) is 4.79 Å². The average molecular weight is 395 g/mol. The SMILES string of the molecule is CCOC(=O)CCC1CN(c2c(F)cc(B3OC(C)(C)C(C)(C)O3)cc2F)C1. The molecular weight excluding hydrogens is 367 g/mol. The van der Waals surface area contributed by atoms with Crippen LogP contribution < -0.4 is 10.4 Å². The van der Waals surface area contributed by atoms with Gasteiger partial charge in [-0.15, -0.1) is 0 Å². The second kappa shape index (κ2) is 7.63. The molecule has 2 heterocycles. The van der Waals surface area contributed by atoms with E-state index in [0.29, 0.717) is 38.0 Å². The third-order valence-electron chi connectivity index (χ3n) is 5.90. The first kappa shape index (κ1) is 21.1. The Morgan fingerprint density at radius 1 is 1.18 bits per heavy atom. The number of esters is 1. The molecule has 3 rings (SSSR count). The number of nitrogens with zero attached hydrogens (tertiary/aromatic N) is 1. The largest absolute Gasteiger partial charge is 0.495 e. The maximum absolute atomic E-state index is 14.7. The topological polar surface area (TPSA) is 48.0 Å². The van der Waals surface area contributed by atoms with E-state index >= 15 is 0 Å². The van der Waals surface area contributed by atoms with Crippen molar-refractivity contribution >= 4 is 24.2 Å². The smallest absolute Gasteiger partial charge is 0.466 e. The van der Waals surface area contributed by atoms with Crippen LogP contribution in [-0.4, -0.2) is 44.0 Å². The molecule has 0 N–H and O–H groups in total. The van der Waals surface area contributed by atoms with Crippen molar-refractivity contribution in [2.45, 2.75) is 58.7 Å². The van der Waals surface area contributed by atoms with Gasteiger partial charge in [-0.2, -0.15) is 0 Å². The average Bonchev–Trinajstić information content (AvgIpc) is 2.76. The molecule has 0 aliphatic carbocycles. The van der Waals surface area contributed by atoms with Gasteiger partial charge in [0.25, 0.3) is 0 Å². The molecule has 2 fully saturated rings. The van der Waals surface area contributed by atoms with E-state index in [2.05, 4.69) is 0 Å².